The van der Waals surface area contributed by atoms with Gasteiger partial charge in [-0.15, -0.1) is 0 Å². The molecule has 0 fully saturated rings. The third kappa shape index (κ3) is 5.00. The van der Waals surface area contributed by atoms with Crippen LogP contribution in [0, 0.1) is 0 Å². The van der Waals surface area contributed by atoms with E-state index in [1.54, 1.807) is 12.2 Å². The first-order valence-corrected chi connectivity index (χ1v) is 8.87. The molecule has 6 heteroatoms. The van der Waals surface area contributed by atoms with Gasteiger partial charge in [0.05, 0.1) is 0 Å². The zero-order valence-electron chi connectivity index (χ0n) is 13.1. The average Bonchev–Trinajstić information content (AvgIpc) is 2.54. The number of carboxylic acids is 1. The number of carbonyl (C=O) groups is 1. The number of aliphatic carboxylic acids is 1. The van der Waals surface area contributed by atoms with E-state index in [9.17, 15) is 4.79 Å². The Morgan fingerprint density at radius 3 is 2.42 bits per heavy atom. The molecule has 1 aromatic rings. The first-order chi connectivity index (χ1) is 11.3. The van der Waals surface area contributed by atoms with Gasteiger partial charge in [0.2, 0.25) is 0 Å². The molecule has 0 saturated heterocycles. The molecule has 0 bridgehead atoms. The number of hydrogen-bond donors (Lipinski definition) is 1. The normalized spacial score (nSPS) is 22.2. The number of unbranched alkanes of at least 4 members (excludes halogenated alkanes) is 2. The Labute approximate surface area is 156 Å². The molecule has 1 aromatic carbocycles. The highest BCUT2D eigenvalue weighted by molar-refractivity contribution is 6.55. The number of ether oxygens (including phenoxy) is 1. The van der Waals surface area contributed by atoms with Gasteiger partial charge in [0, 0.05) is 13.0 Å². The van der Waals surface area contributed by atoms with Crippen LogP contribution < -0.4 is 0 Å². The minimum atomic E-state index is -1.41. The largest absolute Gasteiger partial charge is 0.481 e. The van der Waals surface area contributed by atoms with Gasteiger partial charge < -0.3 is 9.84 Å². The second-order valence-corrected chi connectivity index (χ2v) is 7.57. The summed E-state index contributed by atoms with van der Waals surface area (Å²) in [4.78, 5) is 10.5. The fourth-order valence-corrected chi connectivity index (χ4v) is 3.05. The van der Waals surface area contributed by atoms with E-state index >= 15 is 0 Å². The lowest BCUT2D eigenvalue weighted by molar-refractivity contribution is -0.137. The summed E-state index contributed by atoms with van der Waals surface area (Å²) in [5.74, 6) is -0.793. The molecule has 1 aliphatic carbocycles. The summed E-state index contributed by atoms with van der Waals surface area (Å²) < 4.78 is 4.29. The summed E-state index contributed by atoms with van der Waals surface area (Å²) >= 11 is 19.3. The number of benzene rings is 1. The van der Waals surface area contributed by atoms with Crippen LogP contribution in [-0.4, -0.2) is 27.1 Å². The Morgan fingerprint density at radius 1 is 1.08 bits per heavy atom. The van der Waals surface area contributed by atoms with Crippen molar-refractivity contribution in [2.24, 2.45) is 0 Å². The number of carboxylic acid groups (broad SMARTS) is 1. The molecule has 130 valence electrons. The summed E-state index contributed by atoms with van der Waals surface area (Å²) in [5, 5.41) is 7.25. The second-order valence-electron chi connectivity index (χ2n) is 5.62. The van der Waals surface area contributed by atoms with Crippen molar-refractivity contribution < 1.29 is 14.6 Å². The third-order valence-electron chi connectivity index (χ3n) is 3.72. The van der Waals surface area contributed by atoms with E-state index in [1.165, 1.54) is 0 Å². The van der Waals surface area contributed by atoms with Crippen molar-refractivity contribution in [3.63, 3.8) is 0 Å². The minimum Gasteiger partial charge on any atom is -0.481 e. The van der Waals surface area contributed by atoms with Gasteiger partial charge in [-0.3, -0.25) is 4.79 Å². The minimum absolute atomic E-state index is 0.157. The smallest absolute Gasteiger partial charge is 0.303 e. The van der Waals surface area contributed by atoms with E-state index in [2.05, 4.69) is 0 Å². The van der Waals surface area contributed by atoms with Crippen LogP contribution in [0.4, 0.5) is 0 Å². The Morgan fingerprint density at radius 2 is 1.79 bits per heavy atom. The lowest BCUT2D eigenvalue weighted by Gasteiger charge is -2.36. The van der Waals surface area contributed by atoms with Gasteiger partial charge in [-0.1, -0.05) is 77.6 Å². The van der Waals surface area contributed by atoms with Crippen molar-refractivity contribution >= 4 is 46.3 Å². The molecular formula is C18H19Cl3O3. The fourth-order valence-electron chi connectivity index (χ4n) is 2.38. The number of allylic oxidation sites excluding steroid dienone is 2. The molecular weight excluding hydrogens is 371 g/mol. The first kappa shape index (κ1) is 19.3. The Hall–Kier alpha value is -1.000. The molecule has 0 spiro atoms. The highest BCUT2D eigenvalue weighted by Gasteiger charge is 2.48. The van der Waals surface area contributed by atoms with Crippen molar-refractivity contribution in [2.45, 2.75) is 35.1 Å². The molecule has 0 aromatic heterocycles. The lowest BCUT2D eigenvalue weighted by atomic mass is 9.97. The number of halogens is 3. The van der Waals surface area contributed by atoms with Crippen LogP contribution in [0.3, 0.4) is 0 Å². The van der Waals surface area contributed by atoms with E-state index in [0.29, 0.717) is 19.4 Å². The summed E-state index contributed by atoms with van der Waals surface area (Å²) in [6, 6.07) is 9.73. The summed E-state index contributed by atoms with van der Waals surface area (Å²) in [6.45, 7) is 0.350. The van der Waals surface area contributed by atoms with E-state index in [4.69, 9.17) is 44.6 Å². The predicted molar refractivity (Wildman–Crippen MR) is 98.6 cm³/mol. The van der Waals surface area contributed by atoms with Gasteiger partial charge in [0.1, 0.15) is 0 Å². The van der Waals surface area contributed by atoms with Gasteiger partial charge in [-0.2, -0.15) is 0 Å². The van der Waals surface area contributed by atoms with Gasteiger partial charge in [-0.25, -0.2) is 0 Å². The van der Waals surface area contributed by atoms with Crippen LogP contribution in [-0.2, 0) is 9.53 Å². The van der Waals surface area contributed by atoms with Gasteiger partial charge in [-0.05, 0) is 36.1 Å². The summed E-state index contributed by atoms with van der Waals surface area (Å²) in [5.41, 5.74) is 1.87. The van der Waals surface area contributed by atoms with Crippen LogP contribution in [0.2, 0.25) is 0 Å². The molecule has 2 rings (SSSR count). The second kappa shape index (κ2) is 8.39. The van der Waals surface area contributed by atoms with Crippen molar-refractivity contribution in [1.29, 1.82) is 0 Å². The third-order valence-corrected chi connectivity index (χ3v) is 5.23. The maximum absolute atomic E-state index is 10.5. The lowest BCUT2D eigenvalue weighted by Crippen LogP contribution is -2.42. The molecule has 0 heterocycles. The van der Waals surface area contributed by atoms with Crippen LogP contribution >= 0.6 is 34.8 Å². The molecule has 1 aliphatic rings. The number of hydrogen-bond acceptors (Lipinski definition) is 2. The standard InChI is InChI=1S/C18H19Cl3O3/c19-17(20)13-15(14-7-3-1-4-8-14)10-11-18(17,21)24-12-6-2-5-9-16(22)23/h1,3-4,7-8,10-11,13H,2,5-6,9,12H2,(H,22,23). The van der Waals surface area contributed by atoms with Crippen LogP contribution in [0.25, 0.3) is 5.57 Å². The van der Waals surface area contributed by atoms with E-state index in [1.807, 2.05) is 36.4 Å². The fraction of sp³-hybridized carbons (Fsp3) is 0.389. The van der Waals surface area contributed by atoms with E-state index < -0.39 is 15.4 Å². The molecule has 0 amide bonds. The Bertz CT molecular complexity index is 626. The molecule has 1 N–H and O–H groups in total. The van der Waals surface area contributed by atoms with Gasteiger partial charge in [0.25, 0.3) is 0 Å². The van der Waals surface area contributed by atoms with Crippen LogP contribution in [0.15, 0.2) is 48.6 Å². The molecule has 24 heavy (non-hydrogen) atoms. The molecule has 0 radical (unpaired) electrons. The SMILES string of the molecule is O=C(O)CCCCCOC1(Cl)C=CC(c2ccccc2)=CC1(Cl)Cl. The van der Waals surface area contributed by atoms with Gasteiger partial charge in [0.15, 0.2) is 9.39 Å². The Kier molecular flexibility index (Phi) is 6.76. The van der Waals surface area contributed by atoms with Gasteiger partial charge >= 0.3 is 5.97 Å². The topological polar surface area (TPSA) is 46.5 Å². The van der Waals surface area contributed by atoms with E-state index in [-0.39, 0.29) is 6.42 Å². The zero-order chi connectivity index (χ0) is 17.6. The Balaban J connectivity index is 1.93. The molecule has 0 aliphatic heterocycles. The number of alkyl halides is 3. The van der Waals surface area contributed by atoms with Crippen molar-refractivity contribution in [3.05, 3.63) is 54.1 Å². The zero-order valence-corrected chi connectivity index (χ0v) is 15.3. The quantitative estimate of drug-likeness (QED) is 0.477. The summed E-state index contributed by atoms with van der Waals surface area (Å²) in [6.07, 6.45) is 7.38. The summed E-state index contributed by atoms with van der Waals surface area (Å²) in [7, 11) is 0. The first-order valence-electron chi connectivity index (χ1n) is 7.74. The van der Waals surface area contributed by atoms with Crippen molar-refractivity contribution in [2.75, 3.05) is 6.61 Å². The maximum Gasteiger partial charge on any atom is 0.303 e. The van der Waals surface area contributed by atoms with Crippen molar-refractivity contribution in [1.82, 2.24) is 0 Å². The molecule has 3 nitrogen and oxygen atoms in total. The molecule has 0 saturated carbocycles. The van der Waals surface area contributed by atoms with Crippen LogP contribution in [0.5, 0.6) is 0 Å². The number of rotatable bonds is 8. The average molecular weight is 390 g/mol. The van der Waals surface area contributed by atoms with E-state index in [0.717, 1.165) is 17.6 Å². The molecule has 1 atom stereocenters. The van der Waals surface area contributed by atoms with Crippen molar-refractivity contribution in [3.8, 4) is 0 Å². The monoisotopic (exact) mass is 388 g/mol. The molecule has 1 unspecified atom stereocenters. The van der Waals surface area contributed by atoms with Crippen LogP contribution in [0.1, 0.15) is 31.2 Å². The maximum atomic E-state index is 10.5. The highest BCUT2D eigenvalue weighted by Crippen LogP contribution is 2.47. The highest BCUT2D eigenvalue weighted by atomic mass is 35.5. The predicted octanol–water partition coefficient (Wildman–Crippen LogP) is 5.41.